The van der Waals surface area contributed by atoms with E-state index in [1.807, 2.05) is 6.92 Å². The van der Waals surface area contributed by atoms with Crippen molar-refractivity contribution < 1.29 is 15.1 Å². The average Bonchev–Trinajstić information content (AvgIpc) is 2.29. The largest absolute Gasteiger partial charge is 0.394 e. The molecule has 0 radical (unpaired) electrons. The molecule has 17 heavy (non-hydrogen) atoms. The van der Waals surface area contributed by atoms with E-state index < -0.39 is 11.0 Å². The number of nitrogens with zero attached hydrogens (tertiary/aromatic N) is 1. The summed E-state index contributed by atoms with van der Waals surface area (Å²) in [6.07, 6.45) is -0.934. The summed E-state index contributed by atoms with van der Waals surface area (Å²) in [5.41, 5.74) is 2.09. The van der Waals surface area contributed by atoms with Crippen molar-refractivity contribution in [3.63, 3.8) is 0 Å². The summed E-state index contributed by atoms with van der Waals surface area (Å²) in [6, 6.07) is 3.15. The van der Waals surface area contributed by atoms with Crippen molar-refractivity contribution in [3.05, 3.63) is 33.4 Å². The van der Waals surface area contributed by atoms with Crippen molar-refractivity contribution in [3.8, 4) is 0 Å². The van der Waals surface area contributed by atoms with Crippen LogP contribution in [-0.2, 0) is 0 Å². The molecule has 1 unspecified atom stereocenters. The van der Waals surface area contributed by atoms with E-state index >= 15 is 0 Å². The van der Waals surface area contributed by atoms with Crippen LogP contribution in [0, 0.1) is 24.0 Å². The van der Waals surface area contributed by atoms with E-state index in [1.165, 1.54) is 6.07 Å². The summed E-state index contributed by atoms with van der Waals surface area (Å²) in [7, 11) is 0. The SMILES string of the molecule is Cc1cc(NCC(O)CO)c([N+](=O)[O-])cc1C. The first kappa shape index (κ1) is 13.4. The maximum atomic E-state index is 10.9. The fourth-order valence-corrected chi connectivity index (χ4v) is 1.39. The lowest BCUT2D eigenvalue weighted by atomic mass is 10.1. The van der Waals surface area contributed by atoms with E-state index in [0.717, 1.165) is 11.1 Å². The number of hydrogen-bond acceptors (Lipinski definition) is 5. The molecule has 6 heteroatoms. The molecule has 0 aliphatic heterocycles. The molecule has 0 saturated heterocycles. The molecule has 0 fully saturated rings. The Bertz CT molecular complexity index is 420. The Hall–Kier alpha value is -1.66. The molecule has 0 heterocycles. The molecular weight excluding hydrogens is 224 g/mol. The second-order valence-electron chi connectivity index (χ2n) is 3.93. The number of nitrogens with one attached hydrogen (secondary N) is 1. The predicted molar refractivity (Wildman–Crippen MR) is 64.2 cm³/mol. The Morgan fingerprint density at radius 2 is 2.00 bits per heavy atom. The summed E-state index contributed by atoms with van der Waals surface area (Å²) in [6.45, 7) is 3.34. The smallest absolute Gasteiger partial charge is 0.292 e. The van der Waals surface area contributed by atoms with E-state index in [-0.39, 0.29) is 18.8 Å². The number of aliphatic hydroxyl groups excluding tert-OH is 2. The zero-order valence-electron chi connectivity index (χ0n) is 9.80. The zero-order valence-corrected chi connectivity index (χ0v) is 9.80. The minimum absolute atomic E-state index is 0.0294. The van der Waals surface area contributed by atoms with Gasteiger partial charge in [0.15, 0.2) is 0 Å². The molecule has 94 valence electrons. The molecule has 0 amide bonds. The Morgan fingerprint density at radius 3 is 2.53 bits per heavy atom. The Balaban J connectivity index is 2.96. The maximum absolute atomic E-state index is 10.9. The summed E-state index contributed by atoms with van der Waals surface area (Å²) >= 11 is 0. The van der Waals surface area contributed by atoms with Gasteiger partial charge in [-0.1, -0.05) is 0 Å². The standard InChI is InChI=1S/C11H16N2O4/c1-7-3-10(12-5-9(15)6-14)11(13(16)17)4-8(7)2/h3-4,9,12,14-15H,5-6H2,1-2H3. The first-order chi connectivity index (χ1) is 7.95. The van der Waals surface area contributed by atoms with Crippen LogP contribution in [0.2, 0.25) is 0 Å². The molecule has 0 aromatic heterocycles. The lowest BCUT2D eigenvalue weighted by Gasteiger charge is -2.12. The number of benzene rings is 1. The molecule has 3 N–H and O–H groups in total. The van der Waals surface area contributed by atoms with Gasteiger partial charge in [-0.15, -0.1) is 0 Å². The molecule has 1 rings (SSSR count). The lowest BCUT2D eigenvalue weighted by Crippen LogP contribution is -2.23. The van der Waals surface area contributed by atoms with Crippen molar-refractivity contribution in [1.82, 2.24) is 0 Å². The normalized spacial score (nSPS) is 12.2. The number of anilines is 1. The van der Waals surface area contributed by atoms with E-state index in [1.54, 1.807) is 13.0 Å². The van der Waals surface area contributed by atoms with Gasteiger partial charge in [0.2, 0.25) is 0 Å². The predicted octanol–water partition coefficient (Wildman–Crippen LogP) is 0.977. The van der Waals surface area contributed by atoms with Crippen LogP contribution in [0.4, 0.5) is 11.4 Å². The van der Waals surface area contributed by atoms with Crippen LogP contribution in [0.25, 0.3) is 0 Å². The first-order valence-corrected chi connectivity index (χ1v) is 5.24. The van der Waals surface area contributed by atoms with Crippen molar-refractivity contribution >= 4 is 11.4 Å². The van der Waals surface area contributed by atoms with Crippen molar-refractivity contribution in [1.29, 1.82) is 0 Å². The minimum Gasteiger partial charge on any atom is -0.394 e. The molecule has 6 nitrogen and oxygen atoms in total. The highest BCUT2D eigenvalue weighted by atomic mass is 16.6. The third-order valence-corrected chi connectivity index (χ3v) is 2.55. The molecule has 0 bridgehead atoms. The second-order valence-corrected chi connectivity index (χ2v) is 3.93. The maximum Gasteiger partial charge on any atom is 0.292 e. The molecule has 1 aromatic rings. The van der Waals surface area contributed by atoms with E-state index in [2.05, 4.69) is 5.32 Å². The van der Waals surface area contributed by atoms with Gasteiger partial charge in [0.05, 0.1) is 17.6 Å². The first-order valence-electron chi connectivity index (χ1n) is 5.24. The fourth-order valence-electron chi connectivity index (χ4n) is 1.39. The summed E-state index contributed by atoms with van der Waals surface area (Å²) in [5, 5.41) is 31.5. The number of nitro groups is 1. The number of nitro benzene ring substituents is 1. The van der Waals surface area contributed by atoms with Crippen LogP contribution in [0.5, 0.6) is 0 Å². The number of aryl methyl sites for hydroxylation is 2. The Morgan fingerprint density at radius 1 is 1.41 bits per heavy atom. The highest BCUT2D eigenvalue weighted by molar-refractivity contribution is 5.64. The van der Waals surface area contributed by atoms with Gasteiger partial charge in [-0.2, -0.15) is 0 Å². The Labute approximate surface area is 99.0 Å². The molecule has 0 aliphatic carbocycles. The highest BCUT2D eigenvalue weighted by Crippen LogP contribution is 2.27. The van der Waals surface area contributed by atoms with Gasteiger partial charge in [-0.3, -0.25) is 10.1 Å². The fraction of sp³-hybridized carbons (Fsp3) is 0.455. The highest BCUT2D eigenvalue weighted by Gasteiger charge is 2.15. The third-order valence-electron chi connectivity index (χ3n) is 2.55. The van der Waals surface area contributed by atoms with Gasteiger partial charge in [0.25, 0.3) is 5.69 Å². The van der Waals surface area contributed by atoms with E-state index in [9.17, 15) is 15.2 Å². The second kappa shape index (κ2) is 5.60. The zero-order chi connectivity index (χ0) is 13.0. The van der Waals surface area contributed by atoms with Crippen molar-refractivity contribution in [2.75, 3.05) is 18.5 Å². The van der Waals surface area contributed by atoms with Crippen molar-refractivity contribution in [2.24, 2.45) is 0 Å². The summed E-state index contributed by atoms with van der Waals surface area (Å²) in [5.74, 6) is 0. The van der Waals surface area contributed by atoms with Gasteiger partial charge >= 0.3 is 0 Å². The van der Waals surface area contributed by atoms with Crippen LogP contribution in [0.1, 0.15) is 11.1 Å². The monoisotopic (exact) mass is 240 g/mol. The summed E-state index contributed by atoms with van der Waals surface area (Å²) in [4.78, 5) is 10.4. The third kappa shape index (κ3) is 3.40. The molecular formula is C11H16N2O4. The van der Waals surface area contributed by atoms with Gasteiger partial charge < -0.3 is 15.5 Å². The molecule has 0 aliphatic rings. The van der Waals surface area contributed by atoms with Gasteiger partial charge in [-0.05, 0) is 31.0 Å². The van der Waals surface area contributed by atoms with Crippen LogP contribution in [-0.4, -0.2) is 34.4 Å². The van der Waals surface area contributed by atoms with E-state index in [4.69, 9.17) is 5.11 Å². The van der Waals surface area contributed by atoms with Crippen molar-refractivity contribution in [2.45, 2.75) is 20.0 Å². The topological polar surface area (TPSA) is 95.6 Å². The summed E-state index contributed by atoms with van der Waals surface area (Å²) < 4.78 is 0. The quantitative estimate of drug-likeness (QED) is 0.526. The molecule has 1 aromatic carbocycles. The van der Waals surface area contributed by atoms with Crippen LogP contribution < -0.4 is 5.32 Å². The van der Waals surface area contributed by atoms with Crippen LogP contribution in [0.15, 0.2) is 12.1 Å². The molecule has 1 atom stereocenters. The van der Waals surface area contributed by atoms with Crippen LogP contribution >= 0.6 is 0 Å². The number of aliphatic hydroxyl groups is 2. The van der Waals surface area contributed by atoms with E-state index in [0.29, 0.717) is 5.69 Å². The van der Waals surface area contributed by atoms with Gasteiger partial charge in [0, 0.05) is 12.6 Å². The number of hydrogen-bond donors (Lipinski definition) is 3. The lowest BCUT2D eigenvalue weighted by molar-refractivity contribution is -0.384. The van der Waals surface area contributed by atoms with Gasteiger partial charge in [-0.25, -0.2) is 0 Å². The van der Waals surface area contributed by atoms with Gasteiger partial charge in [0.1, 0.15) is 5.69 Å². The average molecular weight is 240 g/mol. The number of rotatable bonds is 5. The van der Waals surface area contributed by atoms with Crippen LogP contribution in [0.3, 0.4) is 0 Å². The molecule has 0 saturated carbocycles. The minimum atomic E-state index is -0.934. The Kier molecular flexibility index (Phi) is 4.42. The molecule has 0 spiro atoms.